The Bertz CT molecular complexity index is 323. The monoisotopic (exact) mass is 267 g/mol. The Morgan fingerprint density at radius 2 is 1.93 bits per heavy atom. The van der Waals surface area contributed by atoms with Crippen LogP contribution in [-0.4, -0.2) is 13.1 Å². The summed E-state index contributed by atoms with van der Waals surface area (Å²) in [7, 11) is 2.00. The van der Waals surface area contributed by atoms with E-state index in [9.17, 15) is 0 Å². The topological polar surface area (TPSA) is 12.0 Å². The third kappa shape index (κ3) is 4.63. The molecule has 0 amide bonds. The summed E-state index contributed by atoms with van der Waals surface area (Å²) in [5.74, 6) is 0. The Morgan fingerprint density at radius 3 is 2.40 bits per heavy atom. The Morgan fingerprint density at radius 1 is 1.33 bits per heavy atom. The molecule has 0 bridgehead atoms. The van der Waals surface area contributed by atoms with Gasteiger partial charge in [-0.05, 0) is 45.0 Å². The first-order valence-corrected chi connectivity index (χ1v) is 5.98. The third-order valence-electron chi connectivity index (χ3n) is 2.27. The lowest BCUT2D eigenvalue weighted by atomic mass is 10.0. The van der Waals surface area contributed by atoms with Gasteiger partial charge in [0, 0.05) is 10.5 Å². The Balaban J connectivity index is 2.67. The average molecular weight is 268 g/mol. The molecule has 1 aromatic carbocycles. The van der Waals surface area contributed by atoms with Gasteiger partial charge in [-0.25, -0.2) is 0 Å². The van der Waals surface area contributed by atoms with E-state index in [-0.39, 0.29) is 0 Å². The van der Waals surface area contributed by atoms with Crippen molar-refractivity contribution in [3.63, 3.8) is 0 Å². The number of hydrogen-bond acceptors (Lipinski definition) is 1. The Kier molecular flexibility index (Phi) is 5.06. The van der Waals surface area contributed by atoms with Gasteiger partial charge in [0.15, 0.2) is 0 Å². The number of likely N-dealkylation sites (N-methyl/N-ethyl adjacent to an activating group) is 1. The van der Waals surface area contributed by atoms with Crippen LogP contribution in [0.25, 0.3) is 0 Å². The van der Waals surface area contributed by atoms with E-state index in [1.165, 1.54) is 11.1 Å². The fraction of sp³-hybridized carbons (Fsp3) is 0.385. The summed E-state index contributed by atoms with van der Waals surface area (Å²) in [5.41, 5.74) is 2.71. The molecule has 82 valence electrons. The summed E-state index contributed by atoms with van der Waals surface area (Å²) < 4.78 is 1.13. The molecule has 0 aliphatic rings. The molecule has 0 aliphatic heterocycles. The van der Waals surface area contributed by atoms with Crippen LogP contribution in [0.1, 0.15) is 19.4 Å². The van der Waals surface area contributed by atoms with Crippen molar-refractivity contribution < 1.29 is 0 Å². The molecule has 0 fully saturated rings. The molecule has 1 nitrogen and oxygen atoms in total. The summed E-state index contributed by atoms with van der Waals surface area (Å²) in [6.07, 6.45) is 3.30. The molecule has 1 unspecified atom stereocenters. The minimum Gasteiger partial charge on any atom is -0.313 e. The first kappa shape index (κ1) is 12.5. The van der Waals surface area contributed by atoms with E-state index < -0.39 is 0 Å². The maximum absolute atomic E-state index is 3.44. The van der Waals surface area contributed by atoms with E-state index in [1.807, 2.05) is 7.05 Å². The lowest BCUT2D eigenvalue weighted by Gasteiger charge is -2.12. The highest BCUT2D eigenvalue weighted by Gasteiger charge is 2.03. The highest BCUT2D eigenvalue weighted by Crippen LogP contribution is 2.12. The van der Waals surface area contributed by atoms with E-state index >= 15 is 0 Å². The van der Waals surface area contributed by atoms with Crippen molar-refractivity contribution in [1.82, 2.24) is 5.32 Å². The number of nitrogens with one attached hydrogen (secondary N) is 1. The number of halogens is 1. The van der Waals surface area contributed by atoms with Gasteiger partial charge in [0.25, 0.3) is 0 Å². The molecule has 0 spiro atoms. The van der Waals surface area contributed by atoms with E-state index in [0.717, 1.165) is 10.9 Å². The second kappa shape index (κ2) is 6.09. The van der Waals surface area contributed by atoms with Gasteiger partial charge in [-0.1, -0.05) is 39.7 Å². The van der Waals surface area contributed by atoms with Crippen molar-refractivity contribution in [2.75, 3.05) is 7.05 Å². The molecule has 15 heavy (non-hydrogen) atoms. The standard InChI is InChI=1S/C13H18BrN/c1-10(2)8-13(15-3)9-11-4-6-12(14)7-5-11/h4-8,13,15H,9H2,1-3H3. The molecule has 1 rings (SSSR count). The molecule has 0 aliphatic carbocycles. The van der Waals surface area contributed by atoms with E-state index in [0.29, 0.717) is 6.04 Å². The van der Waals surface area contributed by atoms with Gasteiger partial charge in [0.2, 0.25) is 0 Å². The van der Waals surface area contributed by atoms with Crippen molar-refractivity contribution in [3.8, 4) is 0 Å². The van der Waals surface area contributed by atoms with Crippen molar-refractivity contribution >= 4 is 15.9 Å². The molecule has 2 heteroatoms. The molecule has 0 aromatic heterocycles. The summed E-state index contributed by atoms with van der Waals surface area (Å²) in [6.45, 7) is 4.26. The molecular weight excluding hydrogens is 250 g/mol. The lowest BCUT2D eigenvalue weighted by molar-refractivity contribution is 0.660. The van der Waals surface area contributed by atoms with Crippen LogP contribution in [0.15, 0.2) is 40.4 Å². The van der Waals surface area contributed by atoms with Gasteiger partial charge < -0.3 is 5.32 Å². The SMILES string of the molecule is CNC(C=C(C)C)Cc1ccc(Br)cc1. The van der Waals surface area contributed by atoms with Crippen LogP contribution < -0.4 is 5.32 Å². The normalized spacial score (nSPS) is 12.3. The minimum absolute atomic E-state index is 0.427. The van der Waals surface area contributed by atoms with E-state index in [4.69, 9.17) is 0 Å². The molecule has 1 N–H and O–H groups in total. The zero-order valence-electron chi connectivity index (χ0n) is 9.55. The summed E-state index contributed by atoms with van der Waals surface area (Å²) in [5, 5.41) is 3.31. The number of hydrogen-bond donors (Lipinski definition) is 1. The van der Waals surface area contributed by atoms with Gasteiger partial charge in [-0.3, -0.25) is 0 Å². The zero-order chi connectivity index (χ0) is 11.3. The van der Waals surface area contributed by atoms with Crippen LogP contribution >= 0.6 is 15.9 Å². The maximum Gasteiger partial charge on any atom is 0.0290 e. The molecule has 0 heterocycles. The van der Waals surface area contributed by atoms with Gasteiger partial charge >= 0.3 is 0 Å². The van der Waals surface area contributed by atoms with Gasteiger partial charge in [-0.15, -0.1) is 0 Å². The van der Waals surface area contributed by atoms with Gasteiger partial charge in [0.05, 0.1) is 0 Å². The zero-order valence-corrected chi connectivity index (χ0v) is 11.1. The predicted octanol–water partition coefficient (Wildman–Crippen LogP) is 3.55. The highest BCUT2D eigenvalue weighted by atomic mass is 79.9. The second-order valence-corrected chi connectivity index (χ2v) is 4.89. The second-order valence-electron chi connectivity index (χ2n) is 3.97. The quantitative estimate of drug-likeness (QED) is 0.823. The molecular formula is C13H18BrN. The van der Waals surface area contributed by atoms with Crippen LogP contribution in [0.2, 0.25) is 0 Å². The third-order valence-corrected chi connectivity index (χ3v) is 2.80. The molecule has 1 aromatic rings. The Labute approximate surface area is 101 Å². The average Bonchev–Trinajstić information content (AvgIpc) is 2.19. The van der Waals surface area contributed by atoms with Gasteiger partial charge in [0.1, 0.15) is 0 Å². The van der Waals surface area contributed by atoms with E-state index in [2.05, 4.69) is 65.4 Å². The van der Waals surface area contributed by atoms with Crippen LogP contribution in [-0.2, 0) is 6.42 Å². The number of allylic oxidation sites excluding steroid dienone is 1. The van der Waals surface area contributed by atoms with Crippen LogP contribution in [0.5, 0.6) is 0 Å². The van der Waals surface area contributed by atoms with Crippen LogP contribution in [0.3, 0.4) is 0 Å². The van der Waals surface area contributed by atoms with Crippen molar-refractivity contribution in [2.24, 2.45) is 0 Å². The van der Waals surface area contributed by atoms with Crippen LogP contribution in [0, 0.1) is 0 Å². The van der Waals surface area contributed by atoms with Gasteiger partial charge in [-0.2, -0.15) is 0 Å². The maximum atomic E-state index is 3.44. The lowest BCUT2D eigenvalue weighted by Crippen LogP contribution is -2.25. The summed E-state index contributed by atoms with van der Waals surface area (Å²) >= 11 is 3.44. The molecule has 0 saturated carbocycles. The van der Waals surface area contributed by atoms with Crippen molar-refractivity contribution in [3.05, 3.63) is 46.0 Å². The van der Waals surface area contributed by atoms with Crippen molar-refractivity contribution in [2.45, 2.75) is 26.3 Å². The largest absolute Gasteiger partial charge is 0.313 e. The predicted molar refractivity (Wildman–Crippen MR) is 70.1 cm³/mol. The Hall–Kier alpha value is -0.600. The van der Waals surface area contributed by atoms with Crippen molar-refractivity contribution in [1.29, 1.82) is 0 Å². The van der Waals surface area contributed by atoms with E-state index in [1.54, 1.807) is 0 Å². The summed E-state index contributed by atoms with van der Waals surface area (Å²) in [4.78, 5) is 0. The smallest absolute Gasteiger partial charge is 0.0290 e. The minimum atomic E-state index is 0.427. The molecule has 0 radical (unpaired) electrons. The number of rotatable bonds is 4. The molecule has 1 atom stereocenters. The fourth-order valence-electron chi connectivity index (χ4n) is 1.52. The van der Waals surface area contributed by atoms with Crippen LogP contribution in [0.4, 0.5) is 0 Å². The molecule has 0 saturated heterocycles. The summed E-state index contributed by atoms with van der Waals surface area (Å²) in [6, 6.07) is 8.92. The highest BCUT2D eigenvalue weighted by molar-refractivity contribution is 9.10. The number of benzene rings is 1. The fourth-order valence-corrected chi connectivity index (χ4v) is 1.79. The first-order valence-electron chi connectivity index (χ1n) is 5.18. The first-order chi connectivity index (χ1) is 7.11.